The van der Waals surface area contributed by atoms with Crippen LogP contribution in [0.3, 0.4) is 0 Å². The summed E-state index contributed by atoms with van der Waals surface area (Å²) in [6.07, 6.45) is 7.05. The van der Waals surface area contributed by atoms with Crippen molar-refractivity contribution < 1.29 is 5.11 Å². The minimum absolute atomic E-state index is 0.0759. The van der Waals surface area contributed by atoms with E-state index < -0.39 is 6.10 Å². The lowest BCUT2D eigenvalue weighted by molar-refractivity contribution is 0.0735. The highest BCUT2D eigenvalue weighted by Crippen LogP contribution is 2.29. The van der Waals surface area contributed by atoms with Crippen molar-refractivity contribution >= 4 is 22.5 Å². The Hall–Kier alpha value is -2.24. The summed E-state index contributed by atoms with van der Waals surface area (Å²) in [5.74, 6) is 0. The van der Waals surface area contributed by atoms with Crippen LogP contribution in [0.25, 0.3) is 10.9 Å². The molecule has 1 aromatic carbocycles. The first-order valence-corrected chi connectivity index (χ1v) is 10.1. The van der Waals surface area contributed by atoms with Gasteiger partial charge in [-0.05, 0) is 73.6 Å². The summed E-state index contributed by atoms with van der Waals surface area (Å²) in [6, 6.07) is 5.54. The molecule has 0 aliphatic heterocycles. The molecule has 28 heavy (non-hydrogen) atoms. The van der Waals surface area contributed by atoms with Crippen LogP contribution in [0.4, 0.5) is 0 Å². The van der Waals surface area contributed by atoms with Crippen molar-refractivity contribution in [2.45, 2.75) is 58.1 Å². The van der Waals surface area contributed by atoms with E-state index in [1.165, 1.54) is 0 Å². The highest BCUT2D eigenvalue weighted by Gasteiger charge is 2.26. The van der Waals surface area contributed by atoms with Gasteiger partial charge in [-0.2, -0.15) is 0 Å². The highest BCUT2D eigenvalue weighted by molar-refractivity contribution is 6.29. The summed E-state index contributed by atoms with van der Waals surface area (Å²) in [6.45, 7) is 4.07. The summed E-state index contributed by atoms with van der Waals surface area (Å²) in [7, 11) is 0. The van der Waals surface area contributed by atoms with Crippen LogP contribution in [0.2, 0.25) is 5.15 Å². The van der Waals surface area contributed by atoms with Crippen LogP contribution in [0.5, 0.6) is 0 Å². The van der Waals surface area contributed by atoms with Crippen molar-refractivity contribution in [3.63, 3.8) is 0 Å². The van der Waals surface area contributed by atoms with Crippen molar-refractivity contribution in [2.24, 2.45) is 0 Å². The zero-order valence-electron chi connectivity index (χ0n) is 16.2. The number of nitrogens with zero attached hydrogens (tertiary/aromatic N) is 3. The van der Waals surface area contributed by atoms with E-state index in [1.54, 1.807) is 17.1 Å². The Morgan fingerprint density at radius 1 is 1.18 bits per heavy atom. The maximum atomic E-state index is 13.3. The summed E-state index contributed by atoms with van der Waals surface area (Å²) in [4.78, 5) is 21.9. The van der Waals surface area contributed by atoms with E-state index >= 15 is 0 Å². The highest BCUT2D eigenvalue weighted by atomic mass is 35.5. The first kappa shape index (κ1) is 19.1. The molecule has 5 nitrogen and oxygen atoms in total. The fraction of sp³-hybridized carbons (Fsp3) is 0.409. The average Bonchev–Trinajstić information content (AvgIpc) is 2.67. The molecule has 1 saturated carbocycles. The number of rotatable bonds is 3. The molecule has 2 heterocycles. The largest absolute Gasteiger partial charge is 0.391 e. The molecule has 6 heteroatoms. The van der Waals surface area contributed by atoms with E-state index in [9.17, 15) is 9.90 Å². The lowest BCUT2D eigenvalue weighted by atomic mass is 9.92. The topological polar surface area (TPSA) is 68.0 Å². The number of hydrogen-bond donors (Lipinski definition) is 1. The van der Waals surface area contributed by atoms with Crippen LogP contribution in [-0.2, 0) is 6.42 Å². The third-order valence-corrected chi connectivity index (χ3v) is 6.19. The van der Waals surface area contributed by atoms with E-state index in [1.807, 2.05) is 25.1 Å². The molecule has 2 aromatic heterocycles. The quantitative estimate of drug-likeness (QED) is 0.675. The van der Waals surface area contributed by atoms with E-state index in [2.05, 4.69) is 16.9 Å². The second-order valence-electron chi connectivity index (χ2n) is 7.72. The zero-order valence-corrected chi connectivity index (χ0v) is 16.9. The molecule has 0 bridgehead atoms. The van der Waals surface area contributed by atoms with Gasteiger partial charge >= 0.3 is 0 Å². The molecular weight excluding hydrogens is 374 g/mol. The molecule has 0 spiro atoms. The fourth-order valence-corrected chi connectivity index (χ4v) is 4.42. The number of halogens is 1. The Morgan fingerprint density at radius 2 is 1.96 bits per heavy atom. The Kier molecular flexibility index (Phi) is 5.21. The molecule has 0 unspecified atom stereocenters. The molecule has 0 radical (unpaired) electrons. The van der Waals surface area contributed by atoms with Crippen LogP contribution in [0.1, 0.15) is 54.0 Å². The molecule has 2 atom stereocenters. The van der Waals surface area contributed by atoms with Gasteiger partial charge in [0, 0.05) is 6.20 Å². The number of aryl methyl sites for hydroxylation is 1. The number of hydrogen-bond acceptors (Lipinski definition) is 4. The Bertz CT molecular complexity index is 1090. The lowest BCUT2D eigenvalue weighted by Crippen LogP contribution is -2.34. The van der Waals surface area contributed by atoms with Gasteiger partial charge in [-0.3, -0.25) is 9.36 Å². The smallest absolute Gasteiger partial charge is 0.261 e. The predicted octanol–water partition coefficient (Wildman–Crippen LogP) is 4.13. The zero-order chi connectivity index (χ0) is 19.8. The van der Waals surface area contributed by atoms with Crippen LogP contribution < -0.4 is 5.56 Å². The Labute approximate surface area is 169 Å². The average molecular weight is 398 g/mol. The van der Waals surface area contributed by atoms with Gasteiger partial charge in [-0.15, -0.1) is 0 Å². The number of fused-ring (bicyclic) bond motifs is 1. The van der Waals surface area contributed by atoms with Gasteiger partial charge in [-0.25, -0.2) is 9.97 Å². The molecule has 1 fully saturated rings. The summed E-state index contributed by atoms with van der Waals surface area (Å²) in [5.41, 5.74) is 4.93. The van der Waals surface area contributed by atoms with Crippen molar-refractivity contribution in [3.8, 4) is 0 Å². The monoisotopic (exact) mass is 397 g/mol. The fourth-order valence-electron chi connectivity index (χ4n) is 4.22. The van der Waals surface area contributed by atoms with Crippen molar-refractivity contribution in [1.82, 2.24) is 14.5 Å². The molecule has 1 aliphatic rings. The van der Waals surface area contributed by atoms with Crippen molar-refractivity contribution in [3.05, 3.63) is 68.5 Å². The van der Waals surface area contributed by atoms with Crippen molar-refractivity contribution in [2.75, 3.05) is 0 Å². The third kappa shape index (κ3) is 3.45. The molecule has 0 saturated heterocycles. The van der Waals surface area contributed by atoms with Crippen molar-refractivity contribution in [1.29, 1.82) is 0 Å². The first-order valence-electron chi connectivity index (χ1n) is 9.74. The molecule has 146 valence electrons. The number of pyridine rings is 1. The molecule has 1 N–H and O–H groups in total. The molecule has 3 aromatic rings. The van der Waals surface area contributed by atoms with Gasteiger partial charge in [0.25, 0.3) is 5.56 Å². The number of aliphatic hydroxyl groups excluding tert-OH is 1. The Balaban J connectivity index is 1.83. The summed E-state index contributed by atoms with van der Waals surface area (Å²) < 4.78 is 1.63. The maximum absolute atomic E-state index is 13.3. The molecule has 0 amide bonds. The van der Waals surface area contributed by atoms with Crippen LogP contribution in [0.15, 0.2) is 35.5 Å². The van der Waals surface area contributed by atoms with Crippen LogP contribution in [-0.4, -0.2) is 25.7 Å². The van der Waals surface area contributed by atoms with Gasteiger partial charge in [0.2, 0.25) is 0 Å². The normalized spacial score (nSPS) is 19.9. The van der Waals surface area contributed by atoms with Crippen LogP contribution in [0, 0.1) is 13.8 Å². The Morgan fingerprint density at radius 3 is 2.71 bits per heavy atom. The first-order chi connectivity index (χ1) is 13.5. The van der Waals surface area contributed by atoms with E-state index in [0.29, 0.717) is 17.0 Å². The van der Waals surface area contributed by atoms with Gasteiger partial charge in [-0.1, -0.05) is 24.4 Å². The molecule has 1 aliphatic carbocycles. The molecular formula is C22H24ClN3O2. The standard InChI is InChI=1S/C22H24ClN3O2/c1-13-14(2)21-17(11-16(13)9-15-7-8-24-20(23)10-15)22(28)26(12-25-21)18-5-3-4-6-19(18)27/h7-8,10-12,18-19,27H,3-6,9H2,1-2H3/t18-,19-/m0/s1. The third-order valence-electron chi connectivity index (χ3n) is 5.99. The van der Waals surface area contributed by atoms with Gasteiger partial charge < -0.3 is 5.11 Å². The maximum Gasteiger partial charge on any atom is 0.261 e. The second kappa shape index (κ2) is 7.64. The number of benzene rings is 1. The number of aliphatic hydroxyl groups is 1. The van der Waals surface area contributed by atoms with E-state index in [4.69, 9.17) is 11.6 Å². The second-order valence-corrected chi connectivity index (χ2v) is 8.11. The van der Waals surface area contributed by atoms with Gasteiger partial charge in [0.15, 0.2) is 0 Å². The van der Waals surface area contributed by atoms with E-state index in [0.717, 1.165) is 53.5 Å². The van der Waals surface area contributed by atoms with E-state index in [-0.39, 0.29) is 11.6 Å². The minimum Gasteiger partial charge on any atom is -0.391 e. The SMILES string of the molecule is Cc1c(Cc2ccnc(Cl)c2)cc2c(=O)n([C@H]3CCCC[C@@H]3O)cnc2c1C. The number of aromatic nitrogens is 3. The molecule has 4 rings (SSSR count). The summed E-state index contributed by atoms with van der Waals surface area (Å²) >= 11 is 6.02. The summed E-state index contributed by atoms with van der Waals surface area (Å²) in [5, 5.41) is 11.5. The van der Waals surface area contributed by atoms with Gasteiger partial charge in [0.05, 0.1) is 29.4 Å². The lowest BCUT2D eigenvalue weighted by Gasteiger charge is -2.29. The minimum atomic E-state index is -0.490. The van der Waals surface area contributed by atoms with Gasteiger partial charge in [0.1, 0.15) is 5.15 Å². The van der Waals surface area contributed by atoms with Crippen LogP contribution >= 0.6 is 11.6 Å². The predicted molar refractivity (Wildman–Crippen MR) is 111 cm³/mol.